The van der Waals surface area contributed by atoms with Gasteiger partial charge >= 0.3 is 0 Å². The summed E-state index contributed by atoms with van der Waals surface area (Å²) < 4.78 is 10.7. The van der Waals surface area contributed by atoms with Gasteiger partial charge < -0.3 is 20.1 Å². The van der Waals surface area contributed by atoms with Gasteiger partial charge in [0.2, 0.25) is 0 Å². The molecule has 2 aliphatic rings. The number of nitrogens with zero attached hydrogens (tertiary/aromatic N) is 1. The molecule has 2 rings (SSSR count). The lowest BCUT2D eigenvalue weighted by molar-refractivity contribution is -0.161. The number of ether oxygens (including phenoxy) is 2. The van der Waals surface area contributed by atoms with Crippen molar-refractivity contribution in [2.24, 2.45) is 5.73 Å². The molecule has 92 valence electrons. The van der Waals surface area contributed by atoms with E-state index in [9.17, 15) is 4.79 Å². The topological polar surface area (TPSA) is 64.8 Å². The van der Waals surface area contributed by atoms with Crippen LogP contribution in [-0.2, 0) is 14.3 Å². The molecule has 2 N–H and O–H groups in total. The molecule has 2 heterocycles. The van der Waals surface area contributed by atoms with E-state index in [-0.39, 0.29) is 11.9 Å². The molecule has 0 bridgehead atoms. The summed E-state index contributed by atoms with van der Waals surface area (Å²) >= 11 is 0. The SMILES string of the molecule is NCC1CCCCN1C(=O)C1COCCO1. The Bertz CT molecular complexity index is 241. The smallest absolute Gasteiger partial charge is 0.254 e. The second kappa shape index (κ2) is 5.61. The van der Waals surface area contributed by atoms with Gasteiger partial charge in [-0.05, 0) is 19.3 Å². The van der Waals surface area contributed by atoms with Gasteiger partial charge in [-0.3, -0.25) is 4.79 Å². The molecule has 0 aliphatic carbocycles. The molecule has 1 amide bonds. The number of piperidine rings is 1. The van der Waals surface area contributed by atoms with Crippen LogP contribution >= 0.6 is 0 Å². The Hall–Kier alpha value is -0.650. The lowest BCUT2D eigenvalue weighted by Gasteiger charge is -2.37. The van der Waals surface area contributed by atoms with Crippen LogP contribution in [0.3, 0.4) is 0 Å². The summed E-state index contributed by atoms with van der Waals surface area (Å²) in [6.45, 7) is 2.83. The highest BCUT2D eigenvalue weighted by Gasteiger charge is 2.32. The van der Waals surface area contributed by atoms with Gasteiger partial charge in [0.15, 0.2) is 6.10 Å². The van der Waals surface area contributed by atoms with Gasteiger partial charge in [-0.1, -0.05) is 0 Å². The Kier molecular flexibility index (Phi) is 4.15. The fraction of sp³-hybridized carbons (Fsp3) is 0.909. The Morgan fingerprint density at radius 2 is 2.25 bits per heavy atom. The van der Waals surface area contributed by atoms with Gasteiger partial charge in [-0.25, -0.2) is 0 Å². The number of hydrogen-bond acceptors (Lipinski definition) is 4. The van der Waals surface area contributed by atoms with E-state index in [1.807, 2.05) is 4.90 Å². The Morgan fingerprint density at radius 1 is 1.38 bits per heavy atom. The molecular weight excluding hydrogens is 208 g/mol. The summed E-state index contributed by atoms with van der Waals surface area (Å²) in [6.07, 6.45) is 2.82. The summed E-state index contributed by atoms with van der Waals surface area (Å²) in [5, 5.41) is 0. The van der Waals surface area contributed by atoms with Crippen LogP contribution in [0.5, 0.6) is 0 Å². The van der Waals surface area contributed by atoms with E-state index in [4.69, 9.17) is 15.2 Å². The number of rotatable bonds is 2. The highest BCUT2D eigenvalue weighted by atomic mass is 16.6. The molecule has 2 atom stereocenters. The van der Waals surface area contributed by atoms with E-state index in [1.54, 1.807) is 0 Å². The van der Waals surface area contributed by atoms with Crippen LogP contribution in [0, 0.1) is 0 Å². The average Bonchev–Trinajstić information content (AvgIpc) is 2.39. The summed E-state index contributed by atoms with van der Waals surface area (Å²) in [4.78, 5) is 14.1. The van der Waals surface area contributed by atoms with Gasteiger partial charge in [0.05, 0.1) is 19.8 Å². The first-order chi connectivity index (χ1) is 7.83. The van der Waals surface area contributed by atoms with Crippen LogP contribution in [0.1, 0.15) is 19.3 Å². The van der Waals surface area contributed by atoms with Crippen LogP contribution < -0.4 is 5.73 Å². The number of likely N-dealkylation sites (tertiary alicyclic amines) is 1. The number of hydrogen-bond donors (Lipinski definition) is 1. The fourth-order valence-corrected chi connectivity index (χ4v) is 2.35. The summed E-state index contributed by atoms with van der Waals surface area (Å²) in [6, 6.07) is 0.187. The average molecular weight is 228 g/mol. The maximum Gasteiger partial charge on any atom is 0.254 e. The first-order valence-electron chi connectivity index (χ1n) is 6.03. The minimum absolute atomic E-state index is 0.0508. The van der Waals surface area contributed by atoms with Crippen LogP contribution in [0.2, 0.25) is 0 Å². The monoisotopic (exact) mass is 228 g/mol. The molecule has 2 unspecified atom stereocenters. The van der Waals surface area contributed by atoms with Gasteiger partial charge in [0.25, 0.3) is 5.91 Å². The molecule has 0 aromatic rings. The largest absolute Gasteiger partial charge is 0.376 e. The van der Waals surface area contributed by atoms with Crippen molar-refractivity contribution in [3.8, 4) is 0 Å². The highest BCUT2D eigenvalue weighted by molar-refractivity contribution is 5.81. The second-order valence-electron chi connectivity index (χ2n) is 4.35. The molecule has 16 heavy (non-hydrogen) atoms. The van der Waals surface area contributed by atoms with Gasteiger partial charge in [-0.2, -0.15) is 0 Å². The Morgan fingerprint density at radius 3 is 2.94 bits per heavy atom. The standard InChI is InChI=1S/C11H20N2O3/c12-7-9-3-1-2-4-13(9)11(14)10-8-15-5-6-16-10/h9-10H,1-8,12H2. The maximum atomic E-state index is 12.2. The zero-order valence-electron chi connectivity index (χ0n) is 9.56. The fourth-order valence-electron chi connectivity index (χ4n) is 2.35. The van der Waals surface area contributed by atoms with Crippen molar-refractivity contribution in [1.29, 1.82) is 0 Å². The molecule has 0 radical (unpaired) electrons. The lowest BCUT2D eigenvalue weighted by Crippen LogP contribution is -2.53. The Labute approximate surface area is 95.9 Å². The highest BCUT2D eigenvalue weighted by Crippen LogP contribution is 2.18. The predicted molar refractivity (Wildman–Crippen MR) is 59.0 cm³/mol. The Balaban J connectivity index is 1.95. The normalized spacial score (nSPS) is 31.4. The van der Waals surface area contributed by atoms with E-state index >= 15 is 0 Å². The summed E-state index contributed by atoms with van der Waals surface area (Å²) in [5.74, 6) is 0.0508. The third-order valence-electron chi connectivity index (χ3n) is 3.27. The van der Waals surface area contributed by atoms with Gasteiger partial charge in [0.1, 0.15) is 0 Å². The zero-order chi connectivity index (χ0) is 11.4. The number of nitrogens with two attached hydrogens (primary N) is 1. The lowest BCUT2D eigenvalue weighted by atomic mass is 10.0. The number of carbonyl (C=O) groups excluding carboxylic acids is 1. The minimum Gasteiger partial charge on any atom is -0.376 e. The van der Waals surface area contributed by atoms with Crippen molar-refractivity contribution in [2.45, 2.75) is 31.4 Å². The minimum atomic E-state index is -0.416. The molecule has 5 nitrogen and oxygen atoms in total. The van der Waals surface area contributed by atoms with Crippen LogP contribution in [0.25, 0.3) is 0 Å². The van der Waals surface area contributed by atoms with Crippen molar-refractivity contribution in [1.82, 2.24) is 4.90 Å². The van der Waals surface area contributed by atoms with E-state index in [1.165, 1.54) is 0 Å². The molecule has 0 saturated carbocycles. The maximum absolute atomic E-state index is 12.2. The summed E-state index contributed by atoms with van der Waals surface area (Å²) in [5.41, 5.74) is 5.70. The predicted octanol–water partition coefficient (Wildman–Crippen LogP) is -0.258. The van der Waals surface area contributed by atoms with Gasteiger partial charge in [-0.15, -0.1) is 0 Å². The van der Waals surface area contributed by atoms with Crippen molar-refractivity contribution >= 4 is 5.91 Å². The van der Waals surface area contributed by atoms with E-state index in [2.05, 4.69) is 0 Å². The molecule has 2 fully saturated rings. The molecule has 2 saturated heterocycles. The third kappa shape index (κ3) is 2.53. The first-order valence-corrected chi connectivity index (χ1v) is 6.03. The second-order valence-corrected chi connectivity index (χ2v) is 4.35. The van der Waals surface area contributed by atoms with E-state index in [0.29, 0.717) is 26.4 Å². The van der Waals surface area contributed by atoms with Crippen molar-refractivity contribution in [3.63, 3.8) is 0 Å². The van der Waals surface area contributed by atoms with Crippen LogP contribution in [0.15, 0.2) is 0 Å². The zero-order valence-corrected chi connectivity index (χ0v) is 9.56. The first kappa shape index (κ1) is 11.8. The number of carbonyl (C=O) groups is 1. The van der Waals surface area contributed by atoms with E-state index in [0.717, 1.165) is 25.8 Å². The molecule has 0 aromatic heterocycles. The molecule has 0 aromatic carbocycles. The molecule has 5 heteroatoms. The van der Waals surface area contributed by atoms with E-state index < -0.39 is 6.10 Å². The van der Waals surface area contributed by atoms with Crippen molar-refractivity contribution < 1.29 is 14.3 Å². The third-order valence-corrected chi connectivity index (χ3v) is 3.27. The summed E-state index contributed by atoms with van der Waals surface area (Å²) in [7, 11) is 0. The number of amides is 1. The molecular formula is C11H20N2O3. The molecule has 2 aliphatic heterocycles. The van der Waals surface area contributed by atoms with Crippen molar-refractivity contribution in [2.75, 3.05) is 32.9 Å². The quantitative estimate of drug-likeness (QED) is 0.707. The molecule has 0 spiro atoms. The van der Waals surface area contributed by atoms with Gasteiger partial charge in [0, 0.05) is 19.1 Å². The van der Waals surface area contributed by atoms with Crippen LogP contribution in [-0.4, -0.2) is 55.9 Å². The van der Waals surface area contributed by atoms with Crippen LogP contribution in [0.4, 0.5) is 0 Å². The van der Waals surface area contributed by atoms with Crippen molar-refractivity contribution in [3.05, 3.63) is 0 Å².